The van der Waals surface area contributed by atoms with Gasteiger partial charge in [0.1, 0.15) is 10.8 Å². The fraction of sp³-hybridized carbons (Fsp3) is 0.214. The Hall–Kier alpha value is -2.08. The molecule has 0 spiro atoms. The number of hydrogen-bond acceptors (Lipinski definition) is 3. The fourth-order valence-electron chi connectivity index (χ4n) is 1.78. The van der Waals surface area contributed by atoms with Gasteiger partial charge in [-0.05, 0) is 24.6 Å². The molecule has 2 rings (SSSR count). The highest BCUT2D eigenvalue weighted by Gasteiger charge is 2.21. The van der Waals surface area contributed by atoms with Crippen molar-refractivity contribution in [3.8, 4) is 0 Å². The van der Waals surface area contributed by atoms with Crippen molar-refractivity contribution in [2.24, 2.45) is 0 Å². The van der Waals surface area contributed by atoms with Crippen LogP contribution < -0.4 is 0 Å². The van der Waals surface area contributed by atoms with Crippen molar-refractivity contribution in [3.05, 3.63) is 58.6 Å². The molecule has 4 nitrogen and oxygen atoms in total. The van der Waals surface area contributed by atoms with Gasteiger partial charge in [-0.15, -0.1) is 0 Å². The van der Waals surface area contributed by atoms with Gasteiger partial charge < -0.3 is 4.90 Å². The first-order valence-corrected chi connectivity index (χ1v) is 6.47. The zero-order valence-electron chi connectivity index (χ0n) is 11.3. The van der Waals surface area contributed by atoms with Crippen LogP contribution in [-0.2, 0) is 0 Å². The van der Waals surface area contributed by atoms with Crippen molar-refractivity contribution in [3.63, 3.8) is 0 Å². The van der Waals surface area contributed by atoms with Crippen LogP contribution in [0.2, 0.25) is 5.15 Å². The summed E-state index contributed by atoms with van der Waals surface area (Å²) in [5, 5.41) is 0.183. The lowest BCUT2D eigenvalue weighted by molar-refractivity contribution is 0.0736. The van der Waals surface area contributed by atoms with Crippen LogP contribution in [0.15, 0.2) is 30.6 Å². The Labute approximate surface area is 125 Å². The second-order valence-corrected chi connectivity index (χ2v) is 4.88. The van der Waals surface area contributed by atoms with Crippen LogP contribution >= 0.6 is 11.6 Å². The maximum absolute atomic E-state index is 13.3. The quantitative estimate of drug-likeness (QED) is 0.874. The number of carbonyl (C=O) groups is 1. The molecule has 0 N–H and O–H groups in total. The molecular weight excluding hydrogens is 300 g/mol. The van der Waals surface area contributed by atoms with E-state index in [0.29, 0.717) is 5.56 Å². The third kappa shape index (κ3) is 3.33. The van der Waals surface area contributed by atoms with Gasteiger partial charge in [-0.1, -0.05) is 17.7 Å². The number of rotatable bonds is 3. The molecule has 7 heteroatoms. The van der Waals surface area contributed by atoms with Crippen LogP contribution in [0.4, 0.5) is 8.78 Å². The van der Waals surface area contributed by atoms with E-state index in [0.717, 1.165) is 12.1 Å². The Balaban J connectivity index is 2.21. The minimum absolute atomic E-state index is 0.122. The number of benzene rings is 1. The predicted octanol–water partition coefficient (Wildman–Crippen LogP) is 3.24. The summed E-state index contributed by atoms with van der Waals surface area (Å²) in [6, 6.07) is 3.07. The smallest absolute Gasteiger partial charge is 0.274 e. The largest absolute Gasteiger partial charge is 0.334 e. The van der Waals surface area contributed by atoms with E-state index in [4.69, 9.17) is 11.6 Å². The van der Waals surface area contributed by atoms with Crippen LogP contribution in [0.1, 0.15) is 29.0 Å². The third-order valence-corrected chi connectivity index (χ3v) is 3.36. The topological polar surface area (TPSA) is 46.1 Å². The lowest BCUT2D eigenvalue weighted by Gasteiger charge is -2.25. The van der Waals surface area contributed by atoms with Gasteiger partial charge in [-0.2, -0.15) is 0 Å². The van der Waals surface area contributed by atoms with Gasteiger partial charge in [-0.3, -0.25) is 4.79 Å². The van der Waals surface area contributed by atoms with Crippen molar-refractivity contribution in [1.82, 2.24) is 14.9 Å². The highest BCUT2D eigenvalue weighted by molar-refractivity contribution is 6.29. The van der Waals surface area contributed by atoms with E-state index < -0.39 is 23.6 Å². The number of carbonyl (C=O) groups excluding carboxylic acids is 1. The summed E-state index contributed by atoms with van der Waals surface area (Å²) in [5.41, 5.74) is 0.600. The van der Waals surface area contributed by atoms with E-state index in [-0.39, 0.29) is 10.8 Å². The number of nitrogens with zero attached hydrogens (tertiary/aromatic N) is 3. The first-order chi connectivity index (χ1) is 9.90. The van der Waals surface area contributed by atoms with Crippen molar-refractivity contribution in [2.75, 3.05) is 7.05 Å². The Bertz CT molecular complexity index is 664. The average molecular weight is 312 g/mol. The Morgan fingerprint density at radius 2 is 1.95 bits per heavy atom. The highest BCUT2D eigenvalue weighted by Crippen LogP contribution is 2.22. The summed E-state index contributed by atoms with van der Waals surface area (Å²) in [6.07, 6.45) is 2.53. The molecule has 1 heterocycles. The molecule has 1 amide bonds. The molecule has 1 aromatic carbocycles. The number of aromatic nitrogens is 2. The van der Waals surface area contributed by atoms with Crippen molar-refractivity contribution in [1.29, 1.82) is 0 Å². The minimum Gasteiger partial charge on any atom is -0.334 e. The van der Waals surface area contributed by atoms with E-state index in [1.54, 1.807) is 14.0 Å². The molecule has 0 radical (unpaired) electrons. The summed E-state index contributed by atoms with van der Waals surface area (Å²) >= 11 is 5.61. The molecular formula is C14H12ClF2N3O. The first-order valence-electron chi connectivity index (χ1n) is 6.10. The molecule has 1 unspecified atom stereocenters. The van der Waals surface area contributed by atoms with Crippen molar-refractivity contribution >= 4 is 17.5 Å². The summed E-state index contributed by atoms with van der Waals surface area (Å²) in [6.45, 7) is 1.70. The van der Waals surface area contributed by atoms with Crippen molar-refractivity contribution in [2.45, 2.75) is 13.0 Å². The van der Waals surface area contributed by atoms with E-state index in [2.05, 4.69) is 9.97 Å². The average Bonchev–Trinajstić information content (AvgIpc) is 2.48. The SMILES string of the molecule is CC(c1ccc(F)c(F)c1)N(C)C(=O)c1cnc(Cl)cn1. The lowest BCUT2D eigenvalue weighted by Crippen LogP contribution is -2.30. The van der Waals surface area contributed by atoms with Crippen LogP contribution in [0.25, 0.3) is 0 Å². The van der Waals surface area contributed by atoms with Gasteiger partial charge in [0, 0.05) is 7.05 Å². The van der Waals surface area contributed by atoms with E-state index in [9.17, 15) is 13.6 Å². The maximum Gasteiger partial charge on any atom is 0.274 e. The monoisotopic (exact) mass is 311 g/mol. The van der Waals surface area contributed by atoms with Crippen LogP contribution in [-0.4, -0.2) is 27.8 Å². The molecule has 21 heavy (non-hydrogen) atoms. The van der Waals surface area contributed by atoms with Gasteiger partial charge in [0.25, 0.3) is 5.91 Å². The normalized spacial score (nSPS) is 12.0. The second kappa shape index (κ2) is 6.13. The van der Waals surface area contributed by atoms with Gasteiger partial charge in [-0.25, -0.2) is 18.7 Å². The third-order valence-electron chi connectivity index (χ3n) is 3.17. The molecule has 0 aliphatic carbocycles. The van der Waals surface area contributed by atoms with E-state index >= 15 is 0 Å². The molecule has 2 aromatic rings. The van der Waals surface area contributed by atoms with E-state index in [1.807, 2.05) is 0 Å². The Kier molecular flexibility index (Phi) is 4.47. The molecule has 0 aliphatic heterocycles. The van der Waals surface area contributed by atoms with E-state index in [1.165, 1.54) is 23.4 Å². The maximum atomic E-state index is 13.3. The molecule has 0 saturated carbocycles. The van der Waals surface area contributed by atoms with Crippen LogP contribution in [0.5, 0.6) is 0 Å². The number of hydrogen-bond donors (Lipinski definition) is 0. The van der Waals surface area contributed by atoms with Crippen LogP contribution in [0.3, 0.4) is 0 Å². The fourth-order valence-corrected chi connectivity index (χ4v) is 1.87. The summed E-state index contributed by atoms with van der Waals surface area (Å²) in [7, 11) is 1.55. The second-order valence-electron chi connectivity index (χ2n) is 4.49. The zero-order valence-corrected chi connectivity index (χ0v) is 12.1. The molecule has 0 bridgehead atoms. The molecule has 110 valence electrons. The molecule has 0 saturated heterocycles. The standard InChI is InChI=1S/C14H12ClF2N3O/c1-8(9-3-4-10(16)11(17)5-9)20(2)14(21)12-6-19-13(15)7-18-12/h3-8H,1-2H3. The Morgan fingerprint density at radius 3 is 2.52 bits per heavy atom. The predicted molar refractivity (Wildman–Crippen MR) is 73.9 cm³/mol. The summed E-state index contributed by atoms with van der Waals surface area (Å²) in [5.74, 6) is -2.27. The summed E-state index contributed by atoms with van der Waals surface area (Å²) in [4.78, 5) is 21.3. The number of halogens is 3. The first kappa shape index (κ1) is 15.3. The highest BCUT2D eigenvalue weighted by atomic mass is 35.5. The van der Waals surface area contributed by atoms with Gasteiger partial charge in [0.05, 0.1) is 18.4 Å². The van der Waals surface area contributed by atoms with Gasteiger partial charge in [0.15, 0.2) is 11.6 Å². The minimum atomic E-state index is -0.952. The zero-order chi connectivity index (χ0) is 15.6. The van der Waals surface area contributed by atoms with Crippen molar-refractivity contribution < 1.29 is 13.6 Å². The lowest BCUT2D eigenvalue weighted by atomic mass is 10.1. The number of amides is 1. The molecule has 1 atom stereocenters. The molecule has 0 aliphatic rings. The van der Waals surface area contributed by atoms with Gasteiger partial charge >= 0.3 is 0 Å². The van der Waals surface area contributed by atoms with Crippen LogP contribution in [0, 0.1) is 11.6 Å². The Morgan fingerprint density at radius 1 is 1.24 bits per heavy atom. The van der Waals surface area contributed by atoms with Gasteiger partial charge in [0.2, 0.25) is 0 Å². The molecule has 1 aromatic heterocycles. The molecule has 0 fully saturated rings. The summed E-state index contributed by atoms with van der Waals surface area (Å²) < 4.78 is 26.2.